The van der Waals surface area contributed by atoms with Crippen LogP contribution in [0.2, 0.25) is 0 Å². The van der Waals surface area contributed by atoms with Crippen LogP contribution in [0.1, 0.15) is 41.9 Å². The minimum absolute atomic E-state index is 0.0227. The van der Waals surface area contributed by atoms with Crippen LogP contribution in [0.3, 0.4) is 0 Å². The van der Waals surface area contributed by atoms with Gasteiger partial charge in [0.2, 0.25) is 5.91 Å². The van der Waals surface area contributed by atoms with Gasteiger partial charge in [-0.1, -0.05) is 37.3 Å². The quantitative estimate of drug-likeness (QED) is 0.908. The molecule has 23 heavy (non-hydrogen) atoms. The first-order valence-electron chi connectivity index (χ1n) is 8.25. The number of carbonyl (C=O) groups excluding carboxylic acids is 1. The maximum Gasteiger partial charge on any atom is 0.248 e. The van der Waals surface area contributed by atoms with Crippen LogP contribution in [0, 0.1) is 6.92 Å². The molecule has 1 aromatic carbocycles. The molecule has 1 amide bonds. The van der Waals surface area contributed by atoms with Crippen LogP contribution in [0.5, 0.6) is 0 Å². The van der Waals surface area contributed by atoms with Gasteiger partial charge in [0.15, 0.2) is 5.13 Å². The monoisotopic (exact) mass is 329 g/mol. The molecule has 0 spiro atoms. The molecule has 0 radical (unpaired) electrons. The van der Waals surface area contributed by atoms with Crippen molar-refractivity contribution in [1.82, 2.24) is 9.88 Å². The maximum absolute atomic E-state index is 12.9. The van der Waals surface area contributed by atoms with E-state index in [0.29, 0.717) is 5.13 Å². The van der Waals surface area contributed by atoms with E-state index in [1.165, 1.54) is 4.88 Å². The predicted molar refractivity (Wildman–Crippen MR) is 94.8 cm³/mol. The molecule has 1 unspecified atom stereocenters. The first kappa shape index (κ1) is 16.1. The molecule has 0 bridgehead atoms. The summed E-state index contributed by atoms with van der Waals surface area (Å²) in [6, 6.07) is 9.82. The largest absolute Gasteiger partial charge is 0.300 e. The standard InChI is InChI=1S/C18H23N3OS/c1-3-15-13(2)23-18(19-15)20-17(22)16(21-11-7-8-12-21)14-9-5-4-6-10-14/h4-6,9-10,16H,3,7-8,11-12H2,1-2H3,(H,19,20,22). The van der Waals surface area contributed by atoms with Crippen molar-refractivity contribution in [3.63, 3.8) is 0 Å². The number of nitrogens with zero attached hydrogens (tertiary/aromatic N) is 2. The fourth-order valence-electron chi connectivity index (χ4n) is 3.15. The average Bonchev–Trinajstić information content (AvgIpc) is 3.18. The second-order valence-electron chi connectivity index (χ2n) is 5.92. The van der Waals surface area contributed by atoms with Gasteiger partial charge in [0.05, 0.1) is 5.69 Å². The number of thiazole rings is 1. The fourth-order valence-corrected chi connectivity index (χ4v) is 4.05. The lowest BCUT2D eigenvalue weighted by atomic mass is 10.1. The topological polar surface area (TPSA) is 45.2 Å². The van der Waals surface area contributed by atoms with Gasteiger partial charge >= 0.3 is 0 Å². The molecule has 1 aliphatic heterocycles. The minimum Gasteiger partial charge on any atom is -0.300 e. The highest BCUT2D eigenvalue weighted by atomic mass is 32.1. The Bertz CT molecular complexity index is 662. The van der Waals surface area contributed by atoms with Crippen molar-refractivity contribution < 1.29 is 4.79 Å². The number of aryl methyl sites for hydroxylation is 2. The van der Waals surface area contributed by atoms with Crippen LogP contribution in [-0.4, -0.2) is 28.9 Å². The van der Waals surface area contributed by atoms with Crippen LogP contribution >= 0.6 is 11.3 Å². The number of anilines is 1. The number of amides is 1. The van der Waals surface area contributed by atoms with Gasteiger partial charge in [0.1, 0.15) is 6.04 Å². The van der Waals surface area contributed by atoms with E-state index in [4.69, 9.17) is 0 Å². The summed E-state index contributed by atoms with van der Waals surface area (Å²) in [6.07, 6.45) is 3.21. The van der Waals surface area contributed by atoms with E-state index >= 15 is 0 Å². The van der Waals surface area contributed by atoms with Crippen LogP contribution in [0.4, 0.5) is 5.13 Å². The summed E-state index contributed by atoms with van der Waals surface area (Å²) in [5, 5.41) is 3.75. The molecule has 1 atom stereocenters. The Morgan fingerprint density at radius 1 is 1.30 bits per heavy atom. The van der Waals surface area contributed by atoms with Crippen molar-refractivity contribution in [2.75, 3.05) is 18.4 Å². The van der Waals surface area contributed by atoms with E-state index in [0.717, 1.165) is 43.6 Å². The van der Waals surface area contributed by atoms with Crippen molar-refractivity contribution in [2.45, 2.75) is 39.2 Å². The van der Waals surface area contributed by atoms with Crippen LogP contribution < -0.4 is 5.32 Å². The number of aromatic nitrogens is 1. The lowest BCUT2D eigenvalue weighted by Gasteiger charge is -2.26. The maximum atomic E-state index is 12.9. The van der Waals surface area contributed by atoms with E-state index in [-0.39, 0.29) is 11.9 Å². The SMILES string of the molecule is CCc1nc(NC(=O)C(c2ccccc2)N2CCCC2)sc1C. The molecule has 1 saturated heterocycles. The molecule has 122 valence electrons. The van der Waals surface area contributed by atoms with Crippen molar-refractivity contribution in [3.8, 4) is 0 Å². The third kappa shape index (κ3) is 3.62. The summed E-state index contributed by atoms with van der Waals surface area (Å²) in [6.45, 7) is 6.10. The van der Waals surface area contributed by atoms with Crippen LogP contribution in [0.25, 0.3) is 0 Å². The highest BCUT2D eigenvalue weighted by Gasteiger charge is 2.30. The van der Waals surface area contributed by atoms with Crippen molar-refractivity contribution in [3.05, 3.63) is 46.5 Å². The number of likely N-dealkylation sites (tertiary alicyclic amines) is 1. The van der Waals surface area contributed by atoms with E-state index in [1.807, 2.05) is 30.3 Å². The molecule has 1 aromatic heterocycles. The number of nitrogens with one attached hydrogen (secondary N) is 1. The fraction of sp³-hybridized carbons (Fsp3) is 0.444. The van der Waals surface area contributed by atoms with Gasteiger partial charge in [-0.3, -0.25) is 9.69 Å². The van der Waals surface area contributed by atoms with Gasteiger partial charge in [0.25, 0.3) is 0 Å². The number of hydrogen-bond donors (Lipinski definition) is 1. The number of hydrogen-bond acceptors (Lipinski definition) is 4. The van der Waals surface area contributed by atoms with Crippen LogP contribution in [0.15, 0.2) is 30.3 Å². The van der Waals surface area contributed by atoms with Gasteiger partial charge < -0.3 is 5.32 Å². The van der Waals surface area contributed by atoms with Gasteiger partial charge in [-0.25, -0.2) is 4.98 Å². The van der Waals surface area contributed by atoms with Crippen molar-refractivity contribution >= 4 is 22.4 Å². The molecule has 5 heteroatoms. The number of carbonyl (C=O) groups is 1. The first-order valence-corrected chi connectivity index (χ1v) is 9.07. The molecule has 3 rings (SSSR count). The van der Waals surface area contributed by atoms with E-state index in [2.05, 4.69) is 29.0 Å². The van der Waals surface area contributed by atoms with E-state index in [9.17, 15) is 4.79 Å². The molecular weight excluding hydrogens is 306 g/mol. The first-order chi connectivity index (χ1) is 11.2. The Morgan fingerprint density at radius 2 is 2.00 bits per heavy atom. The number of rotatable bonds is 5. The third-order valence-electron chi connectivity index (χ3n) is 4.33. The molecule has 2 heterocycles. The highest BCUT2D eigenvalue weighted by Crippen LogP contribution is 2.28. The lowest BCUT2D eigenvalue weighted by molar-refractivity contribution is -0.121. The van der Waals surface area contributed by atoms with Gasteiger partial charge in [-0.05, 0) is 44.8 Å². The summed E-state index contributed by atoms with van der Waals surface area (Å²) in [7, 11) is 0. The second-order valence-corrected chi connectivity index (χ2v) is 7.12. The van der Waals surface area contributed by atoms with E-state index < -0.39 is 0 Å². The van der Waals surface area contributed by atoms with Crippen LogP contribution in [-0.2, 0) is 11.2 Å². The molecule has 1 aliphatic rings. The van der Waals surface area contributed by atoms with Crippen molar-refractivity contribution in [1.29, 1.82) is 0 Å². The zero-order chi connectivity index (χ0) is 16.2. The average molecular weight is 329 g/mol. The highest BCUT2D eigenvalue weighted by molar-refractivity contribution is 7.15. The minimum atomic E-state index is -0.229. The summed E-state index contributed by atoms with van der Waals surface area (Å²) < 4.78 is 0. The van der Waals surface area contributed by atoms with E-state index in [1.54, 1.807) is 11.3 Å². The smallest absolute Gasteiger partial charge is 0.248 e. The second kappa shape index (κ2) is 7.23. The molecule has 0 aliphatic carbocycles. The summed E-state index contributed by atoms with van der Waals surface area (Å²) >= 11 is 1.56. The Balaban J connectivity index is 1.82. The van der Waals surface area contributed by atoms with Crippen molar-refractivity contribution in [2.24, 2.45) is 0 Å². The molecule has 1 N–H and O–H groups in total. The van der Waals surface area contributed by atoms with Gasteiger partial charge in [-0.2, -0.15) is 0 Å². The Hall–Kier alpha value is -1.72. The zero-order valence-electron chi connectivity index (χ0n) is 13.7. The van der Waals surface area contributed by atoms with Gasteiger partial charge in [-0.15, -0.1) is 11.3 Å². The summed E-state index contributed by atoms with van der Waals surface area (Å²) in [5.41, 5.74) is 2.12. The Kier molecular flexibility index (Phi) is 5.08. The molecule has 4 nitrogen and oxygen atoms in total. The Labute approximate surface area is 141 Å². The zero-order valence-corrected chi connectivity index (χ0v) is 14.5. The molecular formula is C18H23N3OS. The molecule has 0 saturated carbocycles. The Morgan fingerprint density at radius 3 is 2.61 bits per heavy atom. The summed E-state index contributed by atoms with van der Waals surface area (Å²) in [5.74, 6) is 0.0227. The third-order valence-corrected chi connectivity index (χ3v) is 5.26. The normalized spacial score (nSPS) is 16.4. The lowest BCUT2D eigenvalue weighted by Crippen LogP contribution is -2.35. The molecule has 2 aromatic rings. The van der Waals surface area contributed by atoms with Gasteiger partial charge in [0, 0.05) is 4.88 Å². The summed E-state index contributed by atoms with van der Waals surface area (Å²) in [4.78, 5) is 20.9. The molecule has 1 fully saturated rings. The predicted octanol–water partition coefficient (Wildman–Crippen LogP) is 3.79. The number of benzene rings is 1.